The highest BCUT2D eigenvalue weighted by Gasteiger charge is 2.48. The number of nitro groups is 1. The van der Waals surface area contributed by atoms with Crippen molar-refractivity contribution in [3.05, 3.63) is 39.9 Å². The van der Waals surface area contributed by atoms with E-state index in [1.165, 1.54) is 6.07 Å². The number of urea groups is 1. The molecule has 2 aliphatic heterocycles. The van der Waals surface area contributed by atoms with E-state index in [0.29, 0.717) is 31.5 Å². The van der Waals surface area contributed by atoms with E-state index in [1.54, 1.807) is 23.1 Å². The molecular weight excluding hydrogens is 316 g/mol. The number of nitrogens with zero attached hydrogens (tertiary/aromatic N) is 2. The van der Waals surface area contributed by atoms with Gasteiger partial charge >= 0.3 is 6.03 Å². The maximum atomic E-state index is 12.4. The molecule has 1 aromatic carbocycles. The molecule has 9 heteroatoms. The van der Waals surface area contributed by atoms with Crippen LogP contribution in [0.2, 0.25) is 0 Å². The van der Waals surface area contributed by atoms with Crippen LogP contribution in [0.5, 0.6) is 0 Å². The Labute approximate surface area is 137 Å². The van der Waals surface area contributed by atoms with Crippen molar-refractivity contribution < 1.29 is 19.3 Å². The normalized spacial score (nSPS) is 19.1. The van der Waals surface area contributed by atoms with E-state index in [9.17, 15) is 24.5 Å². The van der Waals surface area contributed by atoms with Crippen molar-refractivity contribution in [3.8, 4) is 0 Å². The molecule has 0 radical (unpaired) electrons. The summed E-state index contributed by atoms with van der Waals surface area (Å²) in [6, 6.07) is 5.62. The topological polar surface area (TPSA) is 122 Å². The molecule has 4 amide bonds. The van der Waals surface area contributed by atoms with Crippen LogP contribution in [0, 0.1) is 10.1 Å². The van der Waals surface area contributed by atoms with Crippen molar-refractivity contribution in [2.24, 2.45) is 0 Å². The van der Waals surface area contributed by atoms with Crippen LogP contribution in [0.25, 0.3) is 0 Å². The fraction of sp³-hybridized carbons (Fsp3) is 0.400. The number of benzene rings is 1. The van der Waals surface area contributed by atoms with Crippen LogP contribution in [0.1, 0.15) is 18.4 Å². The Bertz CT molecular complexity index is 724. The second-order valence-electron chi connectivity index (χ2n) is 5.93. The minimum Gasteiger partial charge on any atom is -0.342 e. The lowest BCUT2D eigenvalue weighted by Crippen LogP contribution is -2.55. The summed E-state index contributed by atoms with van der Waals surface area (Å²) in [6.07, 6.45) is 0.586. The first-order chi connectivity index (χ1) is 11.4. The van der Waals surface area contributed by atoms with Gasteiger partial charge in [-0.3, -0.25) is 25.0 Å². The van der Waals surface area contributed by atoms with Crippen molar-refractivity contribution in [1.29, 1.82) is 0 Å². The Kier molecular flexibility index (Phi) is 3.92. The minimum atomic E-state index is -0.938. The molecule has 3 rings (SSSR count). The molecule has 2 aliphatic rings. The standard InChI is InChI=1S/C15H16N4O5/c20-12(9-10-3-1-2-4-11(10)19(23)24)18-7-5-15(6-8-18)13(21)16-14(22)17-15/h1-4H,5-9H2,(H2,16,17,21,22). The Morgan fingerprint density at radius 3 is 2.50 bits per heavy atom. The van der Waals surface area contributed by atoms with Gasteiger partial charge in [0.25, 0.3) is 11.6 Å². The molecule has 0 unspecified atom stereocenters. The van der Waals surface area contributed by atoms with Gasteiger partial charge in [-0.2, -0.15) is 0 Å². The van der Waals surface area contributed by atoms with Crippen molar-refractivity contribution in [1.82, 2.24) is 15.5 Å². The van der Waals surface area contributed by atoms with Gasteiger partial charge in [0.15, 0.2) is 0 Å². The number of hydrogen-bond donors (Lipinski definition) is 2. The first-order valence-electron chi connectivity index (χ1n) is 7.55. The molecule has 1 spiro atoms. The fourth-order valence-electron chi connectivity index (χ4n) is 3.13. The summed E-state index contributed by atoms with van der Waals surface area (Å²) in [5.74, 6) is -0.595. The Morgan fingerprint density at radius 2 is 1.92 bits per heavy atom. The summed E-state index contributed by atoms with van der Waals surface area (Å²) in [4.78, 5) is 47.7. The SMILES string of the molecule is O=C1NC(=O)C2(CCN(C(=O)Cc3ccccc3[N+](=O)[O-])CC2)N1. The first kappa shape index (κ1) is 15.9. The zero-order valence-electron chi connectivity index (χ0n) is 12.8. The Balaban J connectivity index is 1.65. The number of likely N-dealkylation sites (tertiary alicyclic amines) is 1. The number of piperidine rings is 1. The summed E-state index contributed by atoms with van der Waals surface area (Å²) in [5, 5.41) is 15.9. The van der Waals surface area contributed by atoms with E-state index >= 15 is 0 Å². The van der Waals surface area contributed by atoms with Gasteiger partial charge in [0, 0.05) is 24.7 Å². The van der Waals surface area contributed by atoms with Gasteiger partial charge in [-0.1, -0.05) is 18.2 Å². The highest BCUT2D eigenvalue weighted by Crippen LogP contribution is 2.26. The maximum absolute atomic E-state index is 12.4. The number of hydrogen-bond acceptors (Lipinski definition) is 5. The molecule has 0 aliphatic carbocycles. The molecule has 0 bridgehead atoms. The molecule has 24 heavy (non-hydrogen) atoms. The lowest BCUT2D eigenvalue weighted by molar-refractivity contribution is -0.385. The molecule has 126 valence electrons. The van der Waals surface area contributed by atoms with Gasteiger partial charge in [0.05, 0.1) is 11.3 Å². The number of nitrogens with one attached hydrogen (secondary N) is 2. The number of carbonyl (C=O) groups excluding carboxylic acids is 3. The van der Waals surface area contributed by atoms with Crippen LogP contribution >= 0.6 is 0 Å². The molecule has 1 aromatic rings. The lowest BCUT2D eigenvalue weighted by atomic mass is 9.87. The average molecular weight is 332 g/mol. The van der Waals surface area contributed by atoms with Gasteiger partial charge < -0.3 is 10.2 Å². The van der Waals surface area contributed by atoms with E-state index in [-0.39, 0.29) is 23.9 Å². The molecule has 9 nitrogen and oxygen atoms in total. The van der Waals surface area contributed by atoms with Crippen LogP contribution < -0.4 is 10.6 Å². The number of rotatable bonds is 3. The summed E-state index contributed by atoms with van der Waals surface area (Å²) >= 11 is 0. The zero-order chi connectivity index (χ0) is 17.3. The molecule has 2 saturated heterocycles. The summed E-state index contributed by atoms with van der Waals surface area (Å²) in [6.45, 7) is 0.625. The van der Waals surface area contributed by atoms with E-state index in [0.717, 1.165) is 0 Å². The highest BCUT2D eigenvalue weighted by molar-refractivity contribution is 6.07. The first-order valence-corrected chi connectivity index (χ1v) is 7.55. The second-order valence-corrected chi connectivity index (χ2v) is 5.93. The van der Waals surface area contributed by atoms with Crippen molar-refractivity contribution in [3.63, 3.8) is 0 Å². The molecule has 2 N–H and O–H groups in total. The monoisotopic (exact) mass is 332 g/mol. The van der Waals surface area contributed by atoms with Crippen LogP contribution in [-0.4, -0.2) is 46.3 Å². The van der Waals surface area contributed by atoms with Crippen molar-refractivity contribution in [2.75, 3.05) is 13.1 Å². The molecule has 2 heterocycles. The largest absolute Gasteiger partial charge is 0.342 e. The highest BCUT2D eigenvalue weighted by atomic mass is 16.6. The molecule has 0 saturated carbocycles. The van der Waals surface area contributed by atoms with E-state index in [4.69, 9.17) is 0 Å². The van der Waals surface area contributed by atoms with E-state index < -0.39 is 16.5 Å². The van der Waals surface area contributed by atoms with Gasteiger partial charge in [-0.05, 0) is 12.8 Å². The Hall–Kier alpha value is -2.97. The minimum absolute atomic E-state index is 0.0668. The van der Waals surface area contributed by atoms with Crippen LogP contribution in [-0.2, 0) is 16.0 Å². The van der Waals surface area contributed by atoms with Crippen LogP contribution in [0.3, 0.4) is 0 Å². The van der Waals surface area contributed by atoms with Crippen molar-refractivity contribution in [2.45, 2.75) is 24.8 Å². The number of carbonyl (C=O) groups is 3. The average Bonchev–Trinajstić information content (AvgIpc) is 2.81. The Morgan fingerprint density at radius 1 is 1.25 bits per heavy atom. The van der Waals surface area contributed by atoms with E-state index in [1.807, 2.05) is 0 Å². The third-order valence-corrected chi connectivity index (χ3v) is 4.51. The van der Waals surface area contributed by atoms with E-state index in [2.05, 4.69) is 10.6 Å². The number of imide groups is 1. The fourth-order valence-corrected chi connectivity index (χ4v) is 3.13. The van der Waals surface area contributed by atoms with Crippen LogP contribution in [0.4, 0.5) is 10.5 Å². The molecule has 2 fully saturated rings. The van der Waals surface area contributed by atoms with Gasteiger partial charge in [-0.25, -0.2) is 4.79 Å². The van der Waals surface area contributed by atoms with Gasteiger partial charge in [0.2, 0.25) is 5.91 Å². The molecule has 0 atom stereocenters. The smallest absolute Gasteiger partial charge is 0.322 e. The summed E-state index contributed by atoms with van der Waals surface area (Å²) in [5.41, 5.74) is -0.659. The quantitative estimate of drug-likeness (QED) is 0.469. The second kappa shape index (κ2) is 5.91. The number of nitro benzene ring substituents is 1. The molecular formula is C15H16N4O5. The maximum Gasteiger partial charge on any atom is 0.322 e. The molecule has 0 aromatic heterocycles. The van der Waals surface area contributed by atoms with Crippen LogP contribution in [0.15, 0.2) is 24.3 Å². The lowest BCUT2D eigenvalue weighted by Gasteiger charge is -2.37. The summed E-state index contributed by atoms with van der Waals surface area (Å²) in [7, 11) is 0. The third-order valence-electron chi connectivity index (χ3n) is 4.51. The summed E-state index contributed by atoms with van der Waals surface area (Å²) < 4.78 is 0. The van der Waals surface area contributed by atoms with Gasteiger partial charge in [0.1, 0.15) is 5.54 Å². The predicted molar refractivity (Wildman–Crippen MR) is 82.0 cm³/mol. The van der Waals surface area contributed by atoms with Crippen molar-refractivity contribution >= 4 is 23.5 Å². The van der Waals surface area contributed by atoms with Gasteiger partial charge in [-0.15, -0.1) is 0 Å². The number of para-hydroxylation sites is 1. The third kappa shape index (κ3) is 2.80. The zero-order valence-corrected chi connectivity index (χ0v) is 12.8. The number of amides is 4. The predicted octanol–water partition coefficient (Wildman–Crippen LogP) is 0.338.